The quantitative estimate of drug-likeness (QED) is 0.439. The van der Waals surface area contributed by atoms with Crippen LogP contribution in [0.1, 0.15) is 52.6 Å². The number of para-hydroxylation sites is 2. The number of benzene rings is 1. The van der Waals surface area contributed by atoms with Gasteiger partial charge in [0.25, 0.3) is 0 Å². The summed E-state index contributed by atoms with van der Waals surface area (Å²) in [6.07, 6.45) is 2.08. The predicted octanol–water partition coefficient (Wildman–Crippen LogP) is 4.06. The summed E-state index contributed by atoms with van der Waals surface area (Å²) >= 11 is 1.40. The number of rotatable bonds is 6. The summed E-state index contributed by atoms with van der Waals surface area (Å²) in [5, 5.41) is 9.27. The van der Waals surface area contributed by atoms with Crippen LogP contribution in [0.15, 0.2) is 35.5 Å². The van der Waals surface area contributed by atoms with Gasteiger partial charge in [-0.15, -0.1) is 10.2 Å². The fraction of sp³-hybridized carbons (Fsp3) is 0.409. The minimum absolute atomic E-state index is 0.121. The molecule has 2 aromatic heterocycles. The molecule has 30 heavy (non-hydrogen) atoms. The lowest BCUT2D eigenvalue weighted by Gasteiger charge is -2.25. The Balaban J connectivity index is 1.28. The van der Waals surface area contributed by atoms with E-state index < -0.39 is 0 Å². The van der Waals surface area contributed by atoms with Crippen molar-refractivity contribution < 1.29 is 14.3 Å². The number of aryl methyl sites for hydroxylation is 1. The molecular formula is C22H24N4O3S. The summed E-state index contributed by atoms with van der Waals surface area (Å²) in [7, 11) is 1.89. The first kappa shape index (κ1) is 19.2. The largest absolute Gasteiger partial charge is 0.485 e. The molecule has 0 N–H and O–H groups in total. The van der Waals surface area contributed by atoms with Crippen LogP contribution in [0.4, 0.5) is 0 Å². The van der Waals surface area contributed by atoms with E-state index in [1.54, 1.807) is 0 Å². The van der Waals surface area contributed by atoms with Gasteiger partial charge in [0.2, 0.25) is 0 Å². The topological polar surface area (TPSA) is 71.2 Å². The van der Waals surface area contributed by atoms with Crippen molar-refractivity contribution in [3.63, 3.8) is 0 Å². The number of hydrogen-bond acceptors (Lipinski definition) is 6. The normalized spacial score (nSPS) is 17.9. The van der Waals surface area contributed by atoms with Gasteiger partial charge in [-0.25, -0.2) is 0 Å². The number of nitrogens with zero attached hydrogens (tertiary/aromatic N) is 4. The standard InChI is InChI=1S/C22H24N4O3S/c1-13-10-16(14(2)26(13)15-8-9-15)17(27)12-30-22-24-23-21(25(22)3)20-11-28-18-6-4-5-7-19(18)29-20/h4-7,10,15,20H,8-9,11-12H2,1-3H3. The summed E-state index contributed by atoms with van der Waals surface area (Å²) in [6.45, 7) is 4.50. The number of carbonyl (C=O) groups excluding carboxylic acids is 1. The molecular weight excluding hydrogens is 400 g/mol. The maximum atomic E-state index is 12.9. The lowest BCUT2D eigenvalue weighted by molar-refractivity contribution is 0.0825. The first-order valence-electron chi connectivity index (χ1n) is 10.1. The monoisotopic (exact) mass is 424 g/mol. The molecule has 5 rings (SSSR count). The Kier molecular flexibility index (Phi) is 4.81. The van der Waals surface area contributed by atoms with E-state index in [1.807, 2.05) is 48.9 Å². The smallest absolute Gasteiger partial charge is 0.192 e. The van der Waals surface area contributed by atoms with Crippen LogP contribution in [-0.2, 0) is 7.05 Å². The fourth-order valence-electron chi connectivity index (χ4n) is 4.04. The van der Waals surface area contributed by atoms with Crippen molar-refractivity contribution in [1.82, 2.24) is 19.3 Å². The van der Waals surface area contributed by atoms with Crippen LogP contribution in [0.3, 0.4) is 0 Å². The molecule has 0 spiro atoms. The van der Waals surface area contributed by atoms with E-state index in [0.29, 0.717) is 35.1 Å². The van der Waals surface area contributed by atoms with Gasteiger partial charge >= 0.3 is 0 Å². The number of ether oxygens (including phenoxy) is 2. The second-order valence-corrected chi connectivity index (χ2v) is 8.80. The predicted molar refractivity (Wildman–Crippen MR) is 114 cm³/mol. The Bertz CT molecular complexity index is 1120. The molecule has 156 valence electrons. The Morgan fingerprint density at radius 2 is 1.97 bits per heavy atom. The van der Waals surface area contributed by atoms with Gasteiger partial charge in [0.05, 0.1) is 5.75 Å². The molecule has 0 bridgehead atoms. The van der Waals surface area contributed by atoms with Gasteiger partial charge < -0.3 is 18.6 Å². The van der Waals surface area contributed by atoms with Crippen LogP contribution in [0.25, 0.3) is 0 Å². The highest BCUT2D eigenvalue weighted by atomic mass is 32.2. The van der Waals surface area contributed by atoms with Gasteiger partial charge in [0.1, 0.15) is 6.61 Å². The zero-order valence-electron chi connectivity index (χ0n) is 17.3. The van der Waals surface area contributed by atoms with E-state index in [9.17, 15) is 4.79 Å². The van der Waals surface area contributed by atoms with Gasteiger partial charge in [-0.2, -0.15) is 0 Å². The minimum Gasteiger partial charge on any atom is -0.485 e. The van der Waals surface area contributed by atoms with Crippen molar-refractivity contribution in [3.05, 3.63) is 53.1 Å². The summed E-state index contributed by atoms with van der Waals surface area (Å²) in [4.78, 5) is 12.9. The summed E-state index contributed by atoms with van der Waals surface area (Å²) in [6, 6.07) is 10.2. The SMILES string of the molecule is Cc1cc(C(=O)CSc2nnc(C3COc4ccccc4O3)n2C)c(C)n1C1CC1. The van der Waals surface area contributed by atoms with Crippen LogP contribution in [0, 0.1) is 13.8 Å². The molecule has 0 radical (unpaired) electrons. The van der Waals surface area contributed by atoms with Crippen LogP contribution in [0.5, 0.6) is 11.5 Å². The second kappa shape index (κ2) is 7.50. The number of thioether (sulfide) groups is 1. The average molecular weight is 425 g/mol. The average Bonchev–Trinajstić information content (AvgIpc) is 3.45. The zero-order chi connectivity index (χ0) is 20.8. The van der Waals surface area contributed by atoms with E-state index in [1.165, 1.54) is 30.3 Å². The van der Waals surface area contributed by atoms with Gasteiger partial charge in [-0.1, -0.05) is 23.9 Å². The molecule has 8 heteroatoms. The fourth-order valence-corrected chi connectivity index (χ4v) is 4.84. The highest BCUT2D eigenvalue weighted by Gasteiger charge is 2.29. The summed E-state index contributed by atoms with van der Waals surface area (Å²) < 4.78 is 16.0. The highest BCUT2D eigenvalue weighted by molar-refractivity contribution is 7.99. The molecule has 1 fully saturated rings. The lowest BCUT2D eigenvalue weighted by atomic mass is 10.2. The molecule has 1 aromatic carbocycles. The van der Waals surface area contributed by atoms with Gasteiger partial charge in [0.15, 0.2) is 34.4 Å². The molecule has 3 aromatic rings. The first-order valence-corrected chi connectivity index (χ1v) is 11.1. The third-order valence-corrected chi connectivity index (χ3v) is 6.71. The minimum atomic E-state index is -0.333. The molecule has 1 atom stereocenters. The van der Waals surface area contributed by atoms with Crippen LogP contribution in [0.2, 0.25) is 0 Å². The molecule has 7 nitrogen and oxygen atoms in total. The van der Waals surface area contributed by atoms with Crippen molar-refractivity contribution >= 4 is 17.5 Å². The Hall–Kier alpha value is -2.74. The molecule has 1 aliphatic carbocycles. The lowest BCUT2D eigenvalue weighted by Crippen LogP contribution is -2.24. The van der Waals surface area contributed by atoms with Crippen molar-refractivity contribution in [3.8, 4) is 11.5 Å². The third kappa shape index (κ3) is 3.39. The maximum Gasteiger partial charge on any atom is 0.192 e. The van der Waals surface area contributed by atoms with E-state index in [4.69, 9.17) is 9.47 Å². The second-order valence-electron chi connectivity index (χ2n) is 7.86. The summed E-state index contributed by atoms with van der Waals surface area (Å²) in [5.41, 5.74) is 3.06. The highest BCUT2D eigenvalue weighted by Crippen LogP contribution is 2.39. The number of hydrogen-bond donors (Lipinski definition) is 0. The van der Waals surface area contributed by atoms with E-state index in [2.05, 4.69) is 21.7 Å². The molecule has 3 heterocycles. The first-order chi connectivity index (χ1) is 14.5. The van der Waals surface area contributed by atoms with E-state index in [0.717, 1.165) is 17.0 Å². The number of carbonyl (C=O) groups is 1. The van der Waals surface area contributed by atoms with Crippen molar-refractivity contribution in [2.24, 2.45) is 7.05 Å². The van der Waals surface area contributed by atoms with Gasteiger partial charge in [0, 0.05) is 30.0 Å². The molecule has 1 saturated carbocycles. The number of fused-ring (bicyclic) bond motifs is 1. The Morgan fingerprint density at radius 1 is 1.20 bits per heavy atom. The Labute approximate surface area is 179 Å². The molecule has 2 aliphatic rings. The van der Waals surface area contributed by atoms with Crippen LogP contribution in [-0.4, -0.2) is 37.5 Å². The summed E-state index contributed by atoms with van der Waals surface area (Å²) in [5.74, 6) is 2.57. The van der Waals surface area contributed by atoms with Gasteiger partial charge in [-0.3, -0.25) is 4.79 Å². The molecule has 1 unspecified atom stereocenters. The molecule has 1 aliphatic heterocycles. The Morgan fingerprint density at radius 3 is 2.73 bits per heavy atom. The van der Waals surface area contributed by atoms with Crippen LogP contribution >= 0.6 is 11.8 Å². The third-order valence-electron chi connectivity index (χ3n) is 5.69. The van der Waals surface area contributed by atoms with E-state index >= 15 is 0 Å². The van der Waals surface area contributed by atoms with Crippen molar-refractivity contribution in [2.45, 2.75) is 44.0 Å². The van der Waals surface area contributed by atoms with Crippen molar-refractivity contribution in [1.29, 1.82) is 0 Å². The van der Waals surface area contributed by atoms with E-state index in [-0.39, 0.29) is 11.9 Å². The van der Waals surface area contributed by atoms with Gasteiger partial charge in [-0.05, 0) is 44.9 Å². The number of Topliss-reactive ketones (excluding diaryl/α,β-unsaturated/α-hetero) is 1. The maximum absolute atomic E-state index is 12.9. The molecule has 0 amide bonds. The number of aromatic nitrogens is 4. The van der Waals surface area contributed by atoms with Crippen LogP contribution < -0.4 is 9.47 Å². The number of ketones is 1. The zero-order valence-corrected chi connectivity index (χ0v) is 18.1. The van der Waals surface area contributed by atoms with Crippen molar-refractivity contribution in [2.75, 3.05) is 12.4 Å². The molecule has 0 saturated heterocycles.